The summed E-state index contributed by atoms with van der Waals surface area (Å²) in [6.45, 7) is 6.01. The molecule has 1 N–H and O–H groups in total. The van der Waals surface area contributed by atoms with Crippen molar-refractivity contribution in [3.8, 4) is 0 Å². The second-order valence-corrected chi connectivity index (χ2v) is 11.8. The topological polar surface area (TPSA) is 86.8 Å². The van der Waals surface area contributed by atoms with E-state index in [2.05, 4.69) is 5.32 Å². The summed E-state index contributed by atoms with van der Waals surface area (Å²) in [6, 6.07) is 23.7. The first kappa shape index (κ1) is 29.9. The molecule has 0 heterocycles. The molecule has 39 heavy (non-hydrogen) atoms. The lowest BCUT2D eigenvalue weighted by molar-refractivity contribution is -0.140. The maximum atomic E-state index is 14.1. The van der Waals surface area contributed by atoms with Crippen LogP contribution in [0.15, 0.2) is 78.9 Å². The summed E-state index contributed by atoms with van der Waals surface area (Å²) < 4.78 is 27.1. The lowest BCUT2D eigenvalue weighted by atomic mass is 10.0. The van der Waals surface area contributed by atoms with E-state index in [9.17, 15) is 18.0 Å². The Labute approximate surface area is 232 Å². The third kappa shape index (κ3) is 8.68. The Balaban J connectivity index is 2.04. The van der Waals surface area contributed by atoms with Crippen molar-refractivity contribution in [3.63, 3.8) is 0 Å². The Kier molecular flexibility index (Phi) is 10.7. The van der Waals surface area contributed by atoms with E-state index < -0.39 is 28.5 Å². The molecule has 0 spiro atoms. The molecule has 3 aromatic rings. The van der Waals surface area contributed by atoms with Crippen molar-refractivity contribution >= 4 is 27.5 Å². The molecular formula is C31H39N3O4S. The van der Waals surface area contributed by atoms with Crippen LogP contribution in [0.1, 0.15) is 42.0 Å². The first-order valence-electron chi connectivity index (χ1n) is 13.3. The number of hydrogen-bond acceptors (Lipinski definition) is 4. The van der Waals surface area contributed by atoms with Crippen molar-refractivity contribution in [1.82, 2.24) is 10.2 Å². The molecule has 0 aliphatic heterocycles. The first-order valence-corrected chi connectivity index (χ1v) is 15.1. The van der Waals surface area contributed by atoms with Gasteiger partial charge in [-0.1, -0.05) is 86.1 Å². The molecule has 0 unspecified atom stereocenters. The molecule has 3 rings (SSSR count). The van der Waals surface area contributed by atoms with Gasteiger partial charge < -0.3 is 10.2 Å². The van der Waals surface area contributed by atoms with Crippen molar-refractivity contribution in [2.45, 2.75) is 52.6 Å². The number of sulfonamides is 1. The van der Waals surface area contributed by atoms with Gasteiger partial charge in [0, 0.05) is 19.5 Å². The zero-order valence-electron chi connectivity index (χ0n) is 23.3. The Morgan fingerprint density at radius 2 is 1.51 bits per heavy atom. The average Bonchev–Trinajstić information content (AvgIpc) is 2.91. The van der Waals surface area contributed by atoms with Gasteiger partial charge in [0.05, 0.1) is 11.9 Å². The zero-order valence-corrected chi connectivity index (χ0v) is 24.1. The van der Waals surface area contributed by atoms with Gasteiger partial charge >= 0.3 is 0 Å². The number of unbranched alkanes of at least 4 members (excludes halogenated alkanes) is 1. The Morgan fingerprint density at radius 3 is 2.10 bits per heavy atom. The van der Waals surface area contributed by atoms with Gasteiger partial charge in [0.1, 0.15) is 12.6 Å². The van der Waals surface area contributed by atoms with Gasteiger partial charge in [-0.3, -0.25) is 13.9 Å². The van der Waals surface area contributed by atoms with Crippen LogP contribution >= 0.6 is 0 Å². The summed E-state index contributed by atoms with van der Waals surface area (Å²) in [6.07, 6.45) is 3.16. The number of rotatable bonds is 13. The number of benzene rings is 3. The van der Waals surface area contributed by atoms with Gasteiger partial charge in [0.2, 0.25) is 21.8 Å². The van der Waals surface area contributed by atoms with Crippen LogP contribution in [0.2, 0.25) is 0 Å². The molecule has 0 bridgehead atoms. The number of carbonyl (C=O) groups is 2. The van der Waals surface area contributed by atoms with E-state index in [1.165, 1.54) is 4.90 Å². The van der Waals surface area contributed by atoms with Crippen LogP contribution in [0.25, 0.3) is 0 Å². The fraction of sp³-hybridized carbons (Fsp3) is 0.355. The summed E-state index contributed by atoms with van der Waals surface area (Å²) in [4.78, 5) is 29.2. The van der Waals surface area contributed by atoms with Gasteiger partial charge in [-0.25, -0.2) is 8.42 Å². The average molecular weight is 550 g/mol. The van der Waals surface area contributed by atoms with E-state index in [4.69, 9.17) is 0 Å². The number of nitrogens with one attached hydrogen (secondary N) is 1. The van der Waals surface area contributed by atoms with Gasteiger partial charge in [0.15, 0.2) is 0 Å². The molecule has 1 atom stereocenters. The van der Waals surface area contributed by atoms with E-state index in [0.29, 0.717) is 18.7 Å². The number of anilines is 1. The lowest BCUT2D eigenvalue weighted by Crippen LogP contribution is -2.53. The monoisotopic (exact) mass is 549 g/mol. The highest BCUT2D eigenvalue weighted by molar-refractivity contribution is 7.92. The Bertz CT molecular complexity index is 1340. The first-order chi connectivity index (χ1) is 18.6. The third-order valence-electron chi connectivity index (χ3n) is 6.61. The summed E-state index contributed by atoms with van der Waals surface area (Å²) in [7, 11) is -3.80. The summed E-state index contributed by atoms with van der Waals surface area (Å²) in [5.74, 6) is -0.703. The molecule has 0 aliphatic carbocycles. The molecular weight excluding hydrogens is 510 g/mol. The summed E-state index contributed by atoms with van der Waals surface area (Å²) >= 11 is 0. The number of hydrogen-bond donors (Lipinski definition) is 1. The maximum absolute atomic E-state index is 14.1. The number of aryl methyl sites for hydroxylation is 2. The SMILES string of the molecule is CCCCNC(=O)[C@@H](Cc1ccccc1)N(Cc1ccccc1)C(=O)CN(c1cc(C)ccc1C)S(C)(=O)=O. The van der Waals surface area contributed by atoms with Crippen LogP contribution in [-0.2, 0) is 32.6 Å². The third-order valence-corrected chi connectivity index (χ3v) is 7.74. The van der Waals surface area contributed by atoms with E-state index in [0.717, 1.165) is 45.7 Å². The second kappa shape index (κ2) is 13.9. The fourth-order valence-corrected chi connectivity index (χ4v) is 5.32. The molecule has 0 saturated carbocycles. The quantitative estimate of drug-likeness (QED) is 0.315. The molecule has 3 aromatic carbocycles. The van der Waals surface area contributed by atoms with Crippen LogP contribution in [-0.4, -0.2) is 50.5 Å². The van der Waals surface area contributed by atoms with Crippen molar-refractivity contribution in [3.05, 3.63) is 101 Å². The highest BCUT2D eigenvalue weighted by Gasteiger charge is 2.33. The van der Waals surface area contributed by atoms with Crippen LogP contribution in [0.5, 0.6) is 0 Å². The highest BCUT2D eigenvalue weighted by atomic mass is 32.2. The standard InChI is InChI=1S/C31H39N3O4S/c1-5-6-19-32-31(36)29(21-26-13-9-7-10-14-26)33(22-27-15-11-8-12-16-27)30(35)23-34(39(4,37)38)28-20-24(2)17-18-25(28)3/h7-18,20,29H,5-6,19,21-23H2,1-4H3,(H,32,36)/t29-/m1/s1. The van der Waals surface area contributed by atoms with Gasteiger partial charge in [0.25, 0.3) is 0 Å². The van der Waals surface area contributed by atoms with Crippen molar-refractivity contribution in [1.29, 1.82) is 0 Å². The van der Waals surface area contributed by atoms with Crippen molar-refractivity contribution < 1.29 is 18.0 Å². The van der Waals surface area contributed by atoms with Gasteiger partial charge in [-0.05, 0) is 48.6 Å². The van der Waals surface area contributed by atoms with E-state index in [-0.39, 0.29) is 12.5 Å². The molecule has 0 radical (unpaired) electrons. The lowest BCUT2D eigenvalue weighted by Gasteiger charge is -2.34. The number of carbonyl (C=O) groups excluding carboxylic acids is 2. The minimum absolute atomic E-state index is 0.169. The summed E-state index contributed by atoms with van der Waals surface area (Å²) in [5, 5.41) is 2.99. The molecule has 0 saturated heterocycles. The van der Waals surface area contributed by atoms with Crippen LogP contribution in [0.3, 0.4) is 0 Å². The molecule has 0 aliphatic rings. The molecule has 0 fully saturated rings. The smallest absolute Gasteiger partial charge is 0.244 e. The second-order valence-electron chi connectivity index (χ2n) is 9.92. The highest BCUT2D eigenvalue weighted by Crippen LogP contribution is 2.25. The molecule has 208 valence electrons. The normalized spacial score (nSPS) is 12.0. The Morgan fingerprint density at radius 1 is 0.897 bits per heavy atom. The largest absolute Gasteiger partial charge is 0.354 e. The van der Waals surface area contributed by atoms with Crippen molar-refractivity contribution in [2.24, 2.45) is 0 Å². The van der Waals surface area contributed by atoms with Gasteiger partial charge in [-0.15, -0.1) is 0 Å². The molecule has 8 heteroatoms. The molecule has 2 amide bonds. The minimum atomic E-state index is -3.80. The van der Waals surface area contributed by atoms with Gasteiger partial charge in [-0.2, -0.15) is 0 Å². The Hall–Kier alpha value is -3.65. The van der Waals surface area contributed by atoms with Crippen molar-refractivity contribution in [2.75, 3.05) is 23.7 Å². The molecule has 7 nitrogen and oxygen atoms in total. The van der Waals surface area contributed by atoms with E-state index in [1.807, 2.05) is 93.6 Å². The fourth-order valence-electron chi connectivity index (χ4n) is 4.42. The number of nitrogens with zero attached hydrogens (tertiary/aromatic N) is 2. The number of amides is 2. The summed E-state index contributed by atoms with van der Waals surface area (Å²) in [5.41, 5.74) is 3.84. The van der Waals surface area contributed by atoms with Crippen LogP contribution < -0.4 is 9.62 Å². The predicted molar refractivity (Wildman–Crippen MR) is 157 cm³/mol. The zero-order chi connectivity index (χ0) is 28.4. The predicted octanol–water partition coefficient (Wildman–Crippen LogP) is 4.63. The van der Waals surface area contributed by atoms with E-state index >= 15 is 0 Å². The van der Waals surface area contributed by atoms with E-state index in [1.54, 1.807) is 6.07 Å². The molecule has 0 aromatic heterocycles. The van der Waals surface area contributed by atoms with Crippen LogP contribution in [0, 0.1) is 13.8 Å². The maximum Gasteiger partial charge on any atom is 0.244 e. The van der Waals surface area contributed by atoms with Crippen LogP contribution in [0.4, 0.5) is 5.69 Å². The minimum Gasteiger partial charge on any atom is -0.354 e.